The lowest BCUT2D eigenvalue weighted by molar-refractivity contribution is -0.393. The first-order chi connectivity index (χ1) is 10.1. The first-order valence-corrected chi connectivity index (χ1v) is 6.82. The highest BCUT2D eigenvalue weighted by Crippen LogP contribution is 2.29. The maximum absolute atomic E-state index is 11.0. The lowest BCUT2D eigenvalue weighted by atomic mass is 10.2. The van der Waals surface area contributed by atoms with Crippen molar-refractivity contribution in [2.45, 2.75) is 38.5 Å². The van der Waals surface area contributed by atoms with E-state index < -0.39 is 9.85 Å². The molecule has 0 heterocycles. The zero-order valence-electron chi connectivity index (χ0n) is 11.4. The molecule has 0 unspecified atom stereocenters. The lowest BCUT2D eigenvalue weighted by Crippen LogP contribution is -2.03. The van der Waals surface area contributed by atoms with E-state index in [0.29, 0.717) is 0 Å². The van der Waals surface area contributed by atoms with Crippen molar-refractivity contribution in [3.8, 4) is 0 Å². The van der Waals surface area contributed by atoms with Gasteiger partial charge >= 0.3 is 5.69 Å². The van der Waals surface area contributed by atoms with Gasteiger partial charge in [0.25, 0.3) is 5.69 Å². The number of benzene rings is 1. The minimum Gasteiger partial charge on any atom is -0.272 e. The maximum Gasteiger partial charge on any atom is 0.301 e. The van der Waals surface area contributed by atoms with Gasteiger partial charge in [-0.2, -0.15) is 5.10 Å². The second-order valence-electron chi connectivity index (χ2n) is 4.92. The van der Waals surface area contributed by atoms with E-state index in [1.165, 1.54) is 25.0 Å². The quantitative estimate of drug-likeness (QED) is 0.517. The van der Waals surface area contributed by atoms with Gasteiger partial charge in [-0.05, 0) is 31.7 Å². The van der Waals surface area contributed by atoms with Crippen molar-refractivity contribution >= 4 is 22.8 Å². The van der Waals surface area contributed by atoms with Crippen LogP contribution in [0.25, 0.3) is 0 Å². The lowest BCUT2D eigenvalue weighted by Gasteiger charge is -2.05. The number of anilines is 1. The molecular weight excluding hydrogens is 276 g/mol. The molecule has 1 fully saturated rings. The molecule has 1 aliphatic carbocycles. The number of nitro benzene ring substituents is 2. The summed E-state index contributed by atoms with van der Waals surface area (Å²) in [5, 5.41) is 25.9. The van der Waals surface area contributed by atoms with Crippen molar-refractivity contribution in [2.75, 3.05) is 5.43 Å². The molecule has 0 saturated heterocycles. The number of hydrazone groups is 1. The van der Waals surface area contributed by atoms with E-state index in [2.05, 4.69) is 10.5 Å². The van der Waals surface area contributed by atoms with Crippen LogP contribution in [0.1, 0.15) is 38.5 Å². The van der Waals surface area contributed by atoms with E-state index in [0.717, 1.165) is 37.5 Å². The summed E-state index contributed by atoms with van der Waals surface area (Å²) < 4.78 is 0. The van der Waals surface area contributed by atoms with Crippen molar-refractivity contribution in [3.05, 3.63) is 38.4 Å². The maximum atomic E-state index is 11.0. The molecule has 0 aromatic heterocycles. The van der Waals surface area contributed by atoms with Gasteiger partial charge in [-0.15, -0.1) is 0 Å². The van der Waals surface area contributed by atoms with Crippen LogP contribution < -0.4 is 5.43 Å². The zero-order valence-corrected chi connectivity index (χ0v) is 11.4. The predicted octanol–water partition coefficient (Wildman–Crippen LogP) is 3.63. The van der Waals surface area contributed by atoms with Crippen LogP contribution in [-0.2, 0) is 0 Å². The molecule has 0 radical (unpaired) electrons. The summed E-state index contributed by atoms with van der Waals surface area (Å²) in [4.78, 5) is 20.4. The highest BCUT2D eigenvalue weighted by Gasteiger charge is 2.19. The number of nitrogens with one attached hydrogen (secondary N) is 1. The molecule has 1 aromatic rings. The van der Waals surface area contributed by atoms with Gasteiger partial charge in [0.05, 0.1) is 15.9 Å². The third-order valence-corrected chi connectivity index (χ3v) is 3.40. The highest BCUT2D eigenvalue weighted by molar-refractivity contribution is 5.85. The Balaban J connectivity index is 2.20. The predicted molar refractivity (Wildman–Crippen MR) is 78.5 cm³/mol. The van der Waals surface area contributed by atoms with Crippen LogP contribution in [0.3, 0.4) is 0 Å². The fourth-order valence-electron chi connectivity index (χ4n) is 2.27. The molecule has 0 aliphatic heterocycles. The highest BCUT2D eigenvalue weighted by atomic mass is 16.6. The Kier molecular flexibility index (Phi) is 4.81. The second kappa shape index (κ2) is 6.78. The normalized spacial score (nSPS) is 15.1. The summed E-state index contributed by atoms with van der Waals surface area (Å²) in [5.41, 5.74) is 3.18. The summed E-state index contributed by atoms with van der Waals surface area (Å²) in [6.07, 6.45) is 6.26. The Morgan fingerprint density at radius 2 is 1.67 bits per heavy atom. The van der Waals surface area contributed by atoms with Crippen LogP contribution in [-0.4, -0.2) is 15.6 Å². The first kappa shape index (κ1) is 14.9. The molecule has 2 rings (SSSR count). The molecule has 0 atom stereocenters. The molecule has 0 spiro atoms. The Hall–Kier alpha value is -2.51. The van der Waals surface area contributed by atoms with Crippen LogP contribution in [0.15, 0.2) is 23.3 Å². The number of rotatable bonds is 4. The third kappa shape index (κ3) is 3.98. The Bertz CT molecular complexity index is 576. The molecule has 8 heteroatoms. The van der Waals surface area contributed by atoms with Crippen LogP contribution in [0.2, 0.25) is 0 Å². The zero-order chi connectivity index (χ0) is 15.2. The molecule has 0 amide bonds. The summed E-state index contributed by atoms with van der Waals surface area (Å²) in [6, 6.07) is 3.48. The first-order valence-electron chi connectivity index (χ1n) is 6.82. The molecule has 21 heavy (non-hydrogen) atoms. The fraction of sp³-hybridized carbons (Fsp3) is 0.462. The van der Waals surface area contributed by atoms with E-state index in [4.69, 9.17) is 0 Å². The number of non-ortho nitro benzene ring substituents is 1. The van der Waals surface area contributed by atoms with Crippen molar-refractivity contribution in [1.29, 1.82) is 0 Å². The monoisotopic (exact) mass is 292 g/mol. The average Bonchev–Trinajstić information content (AvgIpc) is 2.73. The Morgan fingerprint density at radius 1 is 1.00 bits per heavy atom. The minimum absolute atomic E-state index is 0.169. The van der Waals surface area contributed by atoms with E-state index >= 15 is 0 Å². The van der Waals surface area contributed by atoms with Crippen LogP contribution in [0, 0.1) is 20.2 Å². The summed E-state index contributed by atoms with van der Waals surface area (Å²) in [7, 11) is 0. The summed E-state index contributed by atoms with van der Waals surface area (Å²) >= 11 is 0. The number of nitro groups is 2. The van der Waals surface area contributed by atoms with Crippen molar-refractivity contribution in [2.24, 2.45) is 5.10 Å². The van der Waals surface area contributed by atoms with E-state index in [-0.39, 0.29) is 17.1 Å². The Labute approximate surface area is 121 Å². The molecule has 1 aliphatic rings. The summed E-state index contributed by atoms with van der Waals surface area (Å²) in [5.74, 6) is 0. The van der Waals surface area contributed by atoms with Crippen LogP contribution in [0.5, 0.6) is 0 Å². The van der Waals surface area contributed by atoms with Gasteiger partial charge in [-0.3, -0.25) is 25.7 Å². The van der Waals surface area contributed by atoms with Crippen LogP contribution >= 0.6 is 0 Å². The number of hydrogen-bond acceptors (Lipinski definition) is 6. The second-order valence-corrected chi connectivity index (χ2v) is 4.92. The van der Waals surface area contributed by atoms with Gasteiger partial charge in [0, 0.05) is 11.8 Å². The third-order valence-electron chi connectivity index (χ3n) is 3.40. The van der Waals surface area contributed by atoms with E-state index in [1.54, 1.807) is 0 Å². The SMILES string of the molecule is O=[N+]([O-])c1ccc(NN=C2CCCCCC2)c([N+](=O)[O-])c1. The van der Waals surface area contributed by atoms with Gasteiger partial charge in [0.2, 0.25) is 0 Å². The number of nitrogens with zero attached hydrogens (tertiary/aromatic N) is 3. The van der Waals surface area contributed by atoms with Gasteiger partial charge in [-0.25, -0.2) is 0 Å². The van der Waals surface area contributed by atoms with Crippen molar-refractivity contribution in [3.63, 3.8) is 0 Å². The average molecular weight is 292 g/mol. The molecule has 8 nitrogen and oxygen atoms in total. The van der Waals surface area contributed by atoms with Gasteiger partial charge < -0.3 is 0 Å². The standard InChI is InChI=1S/C13H16N4O4/c18-16(19)11-7-8-12(13(9-11)17(20)21)15-14-10-5-3-1-2-4-6-10/h7-9,15H,1-6H2. The topological polar surface area (TPSA) is 111 Å². The largest absolute Gasteiger partial charge is 0.301 e. The minimum atomic E-state index is -0.659. The smallest absolute Gasteiger partial charge is 0.272 e. The van der Waals surface area contributed by atoms with Crippen molar-refractivity contribution < 1.29 is 9.85 Å². The molecule has 1 N–H and O–H groups in total. The van der Waals surface area contributed by atoms with Gasteiger partial charge in [0.15, 0.2) is 0 Å². The summed E-state index contributed by atoms with van der Waals surface area (Å²) in [6.45, 7) is 0. The molecule has 0 bridgehead atoms. The Morgan fingerprint density at radius 3 is 2.24 bits per heavy atom. The van der Waals surface area contributed by atoms with E-state index in [9.17, 15) is 20.2 Å². The van der Waals surface area contributed by atoms with E-state index in [1.807, 2.05) is 0 Å². The molecular formula is C13H16N4O4. The van der Waals surface area contributed by atoms with Gasteiger partial charge in [0.1, 0.15) is 5.69 Å². The molecule has 112 valence electrons. The molecule has 1 aromatic carbocycles. The van der Waals surface area contributed by atoms with Crippen LogP contribution in [0.4, 0.5) is 17.1 Å². The van der Waals surface area contributed by atoms with Crippen molar-refractivity contribution in [1.82, 2.24) is 0 Å². The van der Waals surface area contributed by atoms with Gasteiger partial charge in [-0.1, -0.05) is 12.8 Å². The molecule has 1 saturated carbocycles. The fourth-order valence-corrected chi connectivity index (χ4v) is 2.27. The number of hydrogen-bond donors (Lipinski definition) is 1.